The fourth-order valence-electron chi connectivity index (χ4n) is 2.72. The average Bonchev–Trinajstić information content (AvgIpc) is 2.50. The smallest absolute Gasteiger partial charge is 0.312 e. The molecule has 0 spiro atoms. The van der Waals surface area contributed by atoms with Gasteiger partial charge in [0.1, 0.15) is 6.54 Å². The molecule has 3 amide bonds. The molecule has 1 saturated carbocycles. The van der Waals surface area contributed by atoms with Crippen LogP contribution in [0.3, 0.4) is 0 Å². The molecule has 3 unspecified atom stereocenters. The van der Waals surface area contributed by atoms with Gasteiger partial charge in [-0.1, -0.05) is 26.7 Å². The zero-order valence-electron chi connectivity index (χ0n) is 9.32. The summed E-state index contributed by atoms with van der Waals surface area (Å²) in [6.45, 7) is 4.66. The first-order chi connectivity index (χ1) is 7.09. The molecule has 1 aliphatic carbocycles. The van der Waals surface area contributed by atoms with E-state index >= 15 is 0 Å². The van der Waals surface area contributed by atoms with Gasteiger partial charge in [0.15, 0.2) is 0 Å². The maximum absolute atomic E-state index is 11.5. The zero-order chi connectivity index (χ0) is 11.0. The van der Waals surface area contributed by atoms with Crippen molar-refractivity contribution in [3.63, 3.8) is 0 Å². The van der Waals surface area contributed by atoms with Crippen molar-refractivity contribution < 1.29 is 9.59 Å². The van der Waals surface area contributed by atoms with Gasteiger partial charge in [-0.25, -0.2) is 4.79 Å². The maximum Gasteiger partial charge on any atom is 0.324 e. The van der Waals surface area contributed by atoms with Crippen LogP contribution in [0.5, 0.6) is 0 Å². The first kappa shape index (κ1) is 10.5. The van der Waals surface area contributed by atoms with Gasteiger partial charge in [0, 0.05) is 6.04 Å². The third kappa shape index (κ3) is 1.85. The van der Waals surface area contributed by atoms with E-state index in [4.69, 9.17) is 0 Å². The van der Waals surface area contributed by atoms with Crippen molar-refractivity contribution in [1.82, 2.24) is 10.2 Å². The van der Waals surface area contributed by atoms with Gasteiger partial charge in [0.2, 0.25) is 5.91 Å². The minimum Gasteiger partial charge on any atom is -0.312 e. The van der Waals surface area contributed by atoms with E-state index in [0.29, 0.717) is 11.8 Å². The molecule has 84 valence electrons. The lowest BCUT2D eigenvalue weighted by molar-refractivity contribution is -0.118. The summed E-state index contributed by atoms with van der Waals surface area (Å²) in [6, 6.07) is 0.0474. The van der Waals surface area contributed by atoms with Crippen LogP contribution >= 0.6 is 0 Å². The molecule has 3 atom stereocenters. The molecule has 2 rings (SSSR count). The van der Waals surface area contributed by atoms with Crippen molar-refractivity contribution in [2.45, 2.75) is 39.2 Å². The van der Waals surface area contributed by atoms with E-state index < -0.39 is 0 Å². The Balaban J connectivity index is 2.09. The van der Waals surface area contributed by atoms with Crippen molar-refractivity contribution in [3.05, 3.63) is 0 Å². The summed E-state index contributed by atoms with van der Waals surface area (Å²) in [5, 5.41) is 2.35. The highest BCUT2D eigenvalue weighted by Crippen LogP contribution is 2.33. The standard InChI is InChI=1S/C11H18N2O2/c1-7-4-3-5-9(8(7)2)13-6-10(14)12-11(13)15/h7-9H,3-6H2,1-2H3,(H,12,14,15). The maximum atomic E-state index is 11.5. The number of urea groups is 1. The predicted molar refractivity (Wildman–Crippen MR) is 56.2 cm³/mol. The molecule has 2 aliphatic rings. The Bertz CT molecular complexity index is 290. The Morgan fingerprint density at radius 3 is 2.60 bits per heavy atom. The Kier molecular flexibility index (Phi) is 2.67. The van der Waals surface area contributed by atoms with Gasteiger partial charge in [-0.2, -0.15) is 0 Å². The number of imide groups is 1. The fourth-order valence-corrected chi connectivity index (χ4v) is 2.72. The van der Waals surface area contributed by atoms with E-state index in [-0.39, 0.29) is 24.5 Å². The SMILES string of the molecule is CC1CCCC(N2CC(=O)NC2=O)C1C. The zero-order valence-corrected chi connectivity index (χ0v) is 9.32. The summed E-state index contributed by atoms with van der Waals surface area (Å²) < 4.78 is 0. The lowest BCUT2D eigenvalue weighted by Crippen LogP contribution is -2.45. The summed E-state index contributed by atoms with van der Waals surface area (Å²) in [5.74, 6) is 0.980. The molecule has 1 heterocycles. The summed E-state index contributed by atoms with van der Waals surface area (Å²) in [4.78, 5) is 24.4. The van der Waals surface area contributed by atoms with E-state index in [2.05, 4.69) is 19.2 Å². The van der Waals surface area contributed by atoms with Crippen LogP contribution in [0.15, 0.2) is 0 Å². The first-order valence-corrected chi connectivity index (χ1v) is 5.70. The minimum absolute atomic E-state index is 0.162. The first-order valence-electron chi connectivity index (χ1n) is 5.70. The molecule has 15 heavy (non-hydrogen) atoms. The lowest BCUT2D eigenvalue weighted by atomic mass is 9.77. The third-order valence-electron chi connectivity index (χ3n) is 3.89. The molecule has 1 N–H and O–H groups in total. The van der Waals surface area contributed by atoms with E-state index in [1.807, 2.05) is 0 Å². The van der Waals surface area contributed by atoms with Gasteiger partial charge < -0.3 is 4.90 Å². The van der Waals surface area contributed by atoms with Crippen molar-refractivity contribution in [2.24, 2.45) is 11.8 Å². The monoisotopic (exact) mass is 210 g/mol. The quantitative estimate of drug-likeness (QED) is 0.664. The summed E-state index contributed by atoms with van der Waals surface area (Å²) >= 11 is 0. The molecule has 4 nitrogen and oxygen atoms in total. The Labute approximate surface area is 90.0 Å². The van der Waals surface area contributed by atoms with Gasteiger partial charge in [-0.05, 0) is 18.3 Å². The molecular formula is C11H18N2O2. The van der Waals surface area contributed by atoms with Gasteiger partial charge in [0.05, 0.1) is 0 Å². The number of nitrogens with zero attached hydrogens (tertiary/aromatic N) is 1. The van der Waals surface area contributed by atoms with E-state index in [1.165, 1.54) is 6.42 Å². The molecule has 1 aliphatic heterocycles. The van der Waals surface area contributed by atoms with Crippen LogP contribution in [0.4, 0.5) is 4.79 Å². The minimum atomic E-state index is -0.203. The van der Waals surface area contributed by atoms with Crippen molar-refractivity contribution in [2.75, 3.05) is 6.54 Å². The van der Waals surface area contributed by atoms with Crippen LogP contribution in [0.25, 0.3) is 0 Å². The van der Waals surface area contributed by atoms with Gasteiger partial charge in [-0.3, -0.25) is 10.1 Å². The lowest BCUT2D eigenvalue weighted by Gasteiger charge is -2.38. The Hall–Kier alpha value is -1.06. The molecule has 0 aromatic carbocycles. The van der Waals surface area contributed by atoms with E-state index in [0.717, 1.165) is 12.8 Å². The highest BCUT2D eigenvalue weighted by Gasteiger charge is 2.38. The summed E-state index contributed by atoms with van der Waals surface area (Å²) in [5.41, 5.74) is 0. The molecule has 0 aromatic rings. The summed E-state index contributed by atoms with van der Waals surface area (Å²) in [7, 11) is 0. The van der Waals surface area contributed by atoms with Crippen LogP contribution in [-0.2, 0) is 4.79 Å². The number of nitrogens with one attached hydrogen (secondary N) is 1. The highest BCUT2D eigenvalue weighted by molar-refractivity contribution is 6.02. The normalized spacial score (nSPS) is 36.9. The predicted octanol–water partition coefficient (Wildman–Crippen LogP) is 1.36. The molecule has 0 aromatic heterocycles. The highest BCUT2D eigenvalue weighted by atomic mass is 16.2. The number of rotatable bonds is 1. The summed E-state index contributed by atoms with van der Waals surface area (Å²) in [6.07, 6.45) is 3.43. The number of hydrogen-bond acceptors (Lipinski definition) is 2. The number of carbonyl (C=O) groups excluding carboxylic acids is 2. The van der Waals surface area contributed by atoms with Crippen LogP contribution in [0, 0.1) is 11.8 Å². The van der Waals surface area contributed by atoms with Gasteiger partial charge in [-0.15, -0.1) is 0 Å². The molecule has 2 fully saturated rings. The van der Waals surface area contributed by atoms with E-state index in [9.17, 15) is 9.59 Å². The number of hydrogen-bond donors (Lipinski definition) is 1. The second kappa shape index (κ2) is 3.83. The molecule has 1 saturated heterocycles. The van der Waals surface area contributed by atoms with Gasteiger partial charge >= 0.3 is 6.03 Å². The fraction of sp³-hybridized carbons (Fsp3) is 0.818. The topological polar surface area (TPSA) is 49.4 Å². The van der Waals surface area contributed by atoms with Crippen LogP contribution in [0.1, 0.15) is 33.1 Å². The van der Waals surface area contributed by atoms with Crippen molar-refractivity contribution >= 4 is 11.9 Å². The molecule has 0 bridgehead atoms. The third-order valence-corrected chi connectivity index (χ3v) is 3.89. The molecule has 4 heteroatoms. The van der Waals surface area contributed by atoms with Crippen LogP contribution in [-0.4, -0.2) is 29.4 Å². The van der Waals surface area contributed by atoms with Crippen LogP contribution in [0.2, 0.25) is 0 Å². The Morgan fingerprint density at radius 2 is 2.00 bits per heavy atom. The largest absolute Gasteiger partial charge is 0.324 e. The van der Waals surface area contributed by atoms with Gasteiger partial charge in [0.25, 0.3) is 0 Å². The number of amides is 3. The van der Waals surface area contributed by atoms with E-state index in [1.54, 1.807) is 4.90 Å². The molecular weight excluding hydrogens is 192 g/mol. The van der Waals surface area contributed by atoms with Crippen molar-refractivity contribution in [3.8, 4) is 0 Å². The second-order valence-electron chi connectivity index (χ2n) is 4.82. The molecule has 0 radical (unpaired) electrons. The number of carbonyl (C=O) groups is 2. The van der Waals surface area contributed by atoms with Crippen molar-refractivity contribution in [1.29, 1.82) is 0 Å². The second-order valence-corrected chi connectivity index (χ2v) is 4.82. The average molecular weight is 210 g/mol. The van der Waals surface area contributed by atoms with Crippen LogP contribution < -0.4 is 5.32 Å². The Morgan fingerprint density at radius 1 is 1.27 bits per heavy atom.